The largest absolute Gasteiger partial charge is 0.389 e. The zero-order chi connectivity index (χ0) is 24.7. The molecule has 6 heteroatoms. The van der Waals surface area contributed by atoms with Crippen molar-refractivity contribution in [1.82, 2.24) is 14.0 Å². The fourth-order valence-corrected chi connectivity index (χ4v) is 5.00. The summed E-state index contributed by atoms with van der Waals surface area (Å²) >= 11 is 0. The highest BCUT2D eigenvalue weighted by Crippen LogP contribution is 2.28. The molecule has 0 spiro atoms. The first-order chi connectivity index (χ1) is 16.8. The molecule has 1 aromatic heterocycles. The van der Waals surface area contributed by atoms with E-state index in [1.54, 1.807) is 4.90 Å². The topological polar surface area (TPSA) is 74.2 Å². The number of benzene rings is 3. The molecular weight excluding hydrogens is 436 g/mol. The lowest BCUT2D eigenvalue weighted by Crippen LogP contribution is -2.56. The molecule has 0 radical (unpaired) electrons. The number of aliphatic hydroxyl groups is 1. The predicted molar refractivity (Wildman–Crippen MR) is 137 cm³/mol. The van der Waals surface area contributed by atoms with Gasteiger partial charge < -0.3 is 14.6 Å². The Morgan fingerprint density at radius 2 is 1.46 bits per heavy atom. The number of aliphatic hydroxyl groups excluding tert-OH is 1. The Bertz CT molecular complexity index is 1410. The normalized spacial score (nSPS) is 15.7. The molecule has 0 bridgehead atoms. The van der Waals surface area contributed by atoms with Gasteiger partial charge in [0.2, 0.25) is 11.5 Å². The van der Waals surface area contributed by atoms with E-state index < -0.39 is 12.1 Å². The van der Waals surface area contributed by atoms with Crippen LogP contribution in [-0.2, 0) is 11.2 Å². The quantitative estimate of drug-likeness (QED) is 0.446. The lowest BCUT2D eigenvalue weighted by Gasteiger charge is -2.38. The van der Waals surface area contributed by atoms with Gasteiger partial charge in [-0.25, -0.2) is 0 Å². The first-order valence-corrected chi connectivity index (χ1v) is 12.2. The summed E-state index contributed by atoms with van der Waals surface area (Å²) in [6, 6.07) is 23.9. The molecule has 4 aromatic rings. The number of para-hydroxylation sites is 2. The van der Waals surface area contributed by atoms with Crippen LogP contribution in [0.5, 0.6) is 0 Å². The molecule has 1 saturated heterocycles. The van der Waals surface area contributed by atoms with Crippen molar-refractivity contribution in [3.05, 3.63) is 101 Å². The molecule has 1 fully saturated rings. The van der Waals surface area contributed by atoms with Crippen LogP contribution in [0.25, 0.3) is 11.0 Å². The summed E-state index contributed by atoms with van der Waals surface area (Å²) in [5.41, 5.74) is 6.61. The van der Waals surface area contributed by atoms with Crippen molar-refractivity contribution in [2.45, 2.75) is 45.4 Å². The molecule has 6 nitrogen and oxygen atoms in total. The minimum absolute atomic E-state index is 0.0553. The van der Waals surface area contributed by atoms with E-state index in [0.29, 0.717) is 25.1 Å². The van der Waals surface area contributed by atoms with Crippen molar-refractivity contribution >= 4 is 16.9 Å². The number of aromatic nitrogens is 2. The SMILES string of the molecule is Cc1ccc(CC(C(=O)N2CC(O)C2)n2c(=N)n(C(C)c3ccc(C)cc3)c3ccccc32)cc1. The summed E-state index contributed by atoms with van der Waals surface area (Å²) in [5.74, 6) is -0.0553. The van der Waals surface area contributed by atoms with Crippen LogP contribution in [0.4, 0.5) is 0 Å². The highest BCUT2D eigenvalue weighted by atomic mass is 16.3. The Morgan fingerprint density at radius 1 is 0.914 bits per heavy atom. The van der Waals surface area contributed by atoms with Gasteiger partial charge >= 0.3 is 0 Å². The number of carbonyl (C=O) groups excluding carboxylic acids is 1. The van der Waals surface area contributed by atoms with Crippen LogP contribution >= 0.6 is 0 Å². The summed E-state index contributed by atoms with van der Waals surface area (Å²) in [7, 11) is 0. The zero-order valence-electron chi connectivity index (χ0n) is 20.5. The van der Waals surface area contributed by atoms with E-state index in [9.17, 15) is 15.3 Å². The second kappa shape index (κ2) is 9.19. The molecule has 180 valence electrons. The van der Waals surface area contributed by atoms with Gasteiger partial charge in [-0.3, -0.25) is 14.8 Å². The van der Waals surface area contributed by atoms with E-state index in [1.807, 2.05) is 40.3 Å². The van der Waals surface area contributed by atoms with E-state index in [0.717, 1.165) is 22.2 Å². The first kappa shape index (κ1) is 23.1. The summed E-state index contributed by atoms with van der Waals surface area (Å²) in [4.78, 5) is 15.4. The van der Waals surface area contributed by atoms with Crippen LogP contribution in [0.15, 0.2) is 72.8 Å². The van der Waals surface area contributed by atoms with Gasteiger partial charge in [0.1, 0.15) is 6.04 Å². The van der Waals surface area contributed by atoms with Crippen molar-refractivity contribution < 1.29 is 9.90 Å². The predicted octanol–water partition coefficient (Wildman–Crippen LogP) is 4.14. The van der Waals surface area contributed by atoms with E-state index in [4.69, 9.17) is 0 Å². The number of hydrogen-bond acceptors (Lipinski definition) is 3. The van der Waals surface area contributed by atoms with Gasteiger partial charge in [0.05, 0.1) is 23.2 Å². The summed E-state index contributed by atoms with van der Waals surface area (Å²) in [6.45, 7) is 6.90. The molecule has 5 rings (SSSR count). The summed E-state index contributed by atoms with van der Waals surface area (Å²) in [6.07, 6.45) is 0.0113. The van der Waals surface area contributed by atoms with E-state index in [-0.39, 0.29) is 11.9 Å². The molecule has 3 aromatic carbocycles. The average molecular weight is 469 g/mol. The number of β-amino-alcohol motifs (C(OH)–C–C–N with tert-alkyl or cyclic N) is 1. The average Bonchev–Trinajstić information content (AvgIpc) is 3.13. The van der Waals surface area contributed by atoms with Crippen molar-refractivity contribution in [3.63, 3.8) is 0 Å². The molecule has 2 atom stereocenters. The van der Waals surface area contributed by atoms with E-state index >= 15 is 0 Å². The monoisotopic (exact) mass is 468 g/mol. The number of imidazole rings is 1. The number of aryl methyl sites for hydroxylation is 2. The van der Waals surface area contributed by atoms with E-state index in [2.05, 4.69) is 62.4 Å². The number of amides is 1. The number of carbonyl (C=O) groups is 1. The third kappa shape index (κ3) is 4.30. The lowest BCUT2D eigenvalue weighted by atomic mass is 10.0. The van der Waals surface area contributed by atoms with Gasteiger partial charge in [0.15, 0.2) is 0 Å². The van der Waals surface area contributed by atoms with Crippen molar-refractivity contribution in [3.8, 4) is 0 Å². The maximum absolute atomic E-state index is 13.7. The Balaban J connectivity index is 1.65. The third-order valence-electron chi connectivity index (χ3n) is 7.12. The lowest BCUT2D eigenvalue weighted by molar-refractivity contribution is -0.145. The Labute approximate surface area is 205 Å². The van der Waals surface area contributed by atoms with Gasteiger partial charge in [-0.05, 0) is 44.0 Å². The van der Waals surface area contributed by atoms with Crippen molar-refractivity contribution in [2.24, 2.45) is 0 Å². The van der Waals surface area contributed by atoms with Crippen LogP contribution < -0.4 is 5.62 Å². The van der Waals surface area contributed by atoms with Crippen molar-refractivity contribution in [2.75, 3.05) is 13.1 Å². The molecule has 0 saturated carbocycles. The smallest absolute Gasteiger partial charge is 0.246 e. The minimum atomic E-state index is -0.575. The number of likely N-dealkylation sites (tertiary alicyclic amines) is 1. The van der Waals surface area contributed by atoms with Gasteiger partial charge in [-0.15, -0.1) is 0 Å². The molecule has 1 aliphatic rings. The van der Waals surface area contributed by atoms with Crippen LogP contribution in [0.3, 0.4) is 0 Å². The summed E-state index contributed by atoms with van der Waals surface area (Å²) in [5, 5.41) is 19.1. The minimum Gasteiger partial charge on any atom is -0.389 e. The maximum Gasteiger partial charge on any atom is 0.246 e. The summed E-state index contributed by atoms with van der Waals surface area (Å²) < 4.78 is 3.90. The number of nitrogens with zero attached hydrogens (tertiary/aromatic N) is 3. The van der Waals surface area contributed by atoms with Gasteiger partial charge in [-0.2, -0.15) is 0 Å². The molecule has 2 heterocycles. The fraction of sp³-hybridized carbons (Fsp3) is 0.310. The molecular formula is C29H32N4O2. The highest BCUT2D eigenvalue weighted by molar-refractivity contribution is 5.85. The van der Waals surface area contributed by atoms with Crippen LogP contribution in [-0.4, -0.2) is 44.2 Å². The number of hydrogen-bond donors (Lipinski definition) is 2. The second-order valence-corrected chi connectivity index (χ2v) is 9.74. The van der Waals surface area contributed by atoms with E-state index in [1.165, 1.54) is 11.1 Å². The molecule has 0 aliphatic carbocycles. The number of rotatable bonds is 6. The Morgan fingerprint density at radius 3 is 2.03 bits per heavy atom. The van der Waals surface area contributed by atoms with Gasteiger partial charge in [-0.1, -0.05) is 71.8 Å². The van der Waals surface area contributed by atoms with Crippen molar-refractivity contribution in [1.29, 1.82) is 5.41 Å². The van der Waals surface area contributed by atoms with Gasteiger partial charge in [0.25, 0.3) is 0 Å². The first-order valence-electron chi connectivity index (χ1n) is 12.2. The fourth-order valence-electron chi connectivity index (χ4n) is 5.00. The molecule has 2 unspecified atom stereocenters. The molecule has 35 heavy (non-hydrogen) atoms. The van der Waals surface area contributed by atoms with Crippen LogP contribution in [0.2, 0.25) is 0 Å². The van der Waals surface area contributed by atoms with Crippen LogP contribution in [0, 0.1) is 19.3 Å². The number of nitrogens with one attached hydrogen (secondary N) is 1. The number of fused-ring (bicyclic) bond motifs is 1. The standard InChI is InChI=1S/C29H32N4O2/c1-19-8-12-22(13-9-19)16-27(28(35)31-17-24(34)18-31)33-26-7-5-4-6-25(26)32(29(33)30)21(3)23-14-10-20(2)11-15-23/h4-15,21,24,27,30,34H,16-18H2,1-3H3. The maximum atomic E-state index is 13.7. The molecule has 2 N–H and O–H groups in total. The zero-order valence-corrected chi connectivity index (χ0v) is 20.5. The third-order valence-corrected chi connectivity index (χ3v) is 7.12. The Kier molecular flexibility index (Phi) is 6.07. The highest BCUT2D eigenvalue weighted by Gasteiger charge is 2.36. The second-order valence-electron chi connectivity index (χ2n) is 9.74. The Hall–Kier alpha value is -3.64. The van der Waals surface area contributed by atoms with Crippen LogP contribution in [0.1, 0.15) is 41.3 Å². The van der Waals surface area contributed by atoms with Gasteiger partial charge in [0, 0.05) is 19.5 Å². The molecule has 1 aliphatic heterocycles. The molecule has 1 amide bonds.